The van der Waals surface area contributed by atoms with Crippen LogP contribution in [0.3, 0.4) is 0 Å². The van der Waals surface area contributed by atoms with Crippen LogP contribution in [0.1, 0.15) is 40.8 Å². The molecule has 0 fully saturated rings. The second-order valence-electron chi connectivity index (χ2n) is 5.45. The maximum Gasteiger partial charge on any atom is 0.0590 e. The summed E-state index contributed by atoms with van der Waals surface area (Å²) in [7, 11) is 0. The first-order chi connectivity index (χ1) is 9.93. The van der Waals surface area contributed by atoms with E-state index in [0.29, 0.717) is 0 Å². The van der Waals surface area contributed by atoms with E-state index >= 15 is 0 Å². The third kappa shape index (κ3) is 3.77. The van der Waals surface area contributed by atoms with Gasteiger partial charge in [0, 0.05) is 8.95 Å². The molecule has 112 valence electrons. The van der Waals surface area contributed by atoms with Crippen molar-refractivity contribution in [2.45, 2.75) is 33.7 Å². The van der Waals surface area contributed by atoms with Gasteiger partial charge in [-0.2, -0.15) is 0 Å². The van der Waals surface area contributed by atoms with Crippen LogP contribution in [0.2, 0.25) is 0 Å². The van der Waals surface area contributed by atoms with E-state index in [4.69, 9.17) is 0 Å². The van der Waals surface area contributed by atoms with Gasteiger partial charge in [0.05, 0.1) is 6.04 Å². The molecule has 21 heavy (non-hydrogen) atoms. The van der Waals surface area contributed by atoms with Crippen molar-refractivity contribution in [2.75, 3.05) is 6.54 Å². The lowest BCUT2D eigenvalue weighted by molar-refractivity contribution is 0.625. The summed E-state index contributed by atoms with van der Waals surface area (Å²) in [6.45, 7) is 9.62. The van der Waals surface area contributed by atoms with E-state index in [1.165, 1.54) is 27.8 Å². The minimum atomic E-state index is 0.205. The van der Waals surface area contributed by atoms with Gasteiger partial charge < -0.3 is 5.32 Å². The Morgan fingerprint density at radius 1 is 0.905 bits per heavy atom. The largest absolute Gasteiger partial charge is 0.306 e. The van der Waals surface area contributed by atoms with Crippen molar-refractivity contribution in [2.24, 2.45) is 0 Å². The molecular formula is C18H21Br2N. The second-order valence-corrected chi connectivity index (χ2v) is 7.22. The van der Waals surface area contributed by atoms with E-state index in [0.717, 1.165) is 15.5 Å². The summed E-state index contributed by atoms with van der Waals surface area (Å²) in [6.07, 6.45) is 0. The molecule has 0 saturated carbocycles. The molecule has 0 aromatic heterocycles. The summed E-state index contributed by atoms with van der Waals surface area (Å²) < 4.78 is 2.21. The van der Waals surface area contributed by atoms with Crippen molar-refractivity contribution in [1.82, 2.24) is 5.32 Å². The molecule has 0 radical (unpaired) electrons. The Bertz CT molecular complexity index is 650. The van der Waals surface area contributed by atoms with Crippen molar-refractivity contribution in [1.29, 1.82) is 0 Å². The molecule has 0 aliphatic rings. The van der Waals surface area contributed by atoms with Gasteiger partial charge in [0.2, 0.25) is 0 Å². The zero-order chi connectivity index (χ0) is 15.6. The van der Waals surface area contributed by atoms with Crippen LogP contribution in [-0.2, 0) is 0 Å². The van der Waals surface area contributed by atoms with Crippen LogP contribution in [0.15, 0.2) is 39.3 Å². The van der Waals surface area contributed by atoms with E-state index in [1.807, 2.05) is 0 Å². The molecule has 2 aromatic carbocycles. The van der Waals surface area contributed by atoms with Crippen molar-refractivity contribution in [3.63, 3.8) is 0 Å². The molecule has 0 saturated heterocycles. The molecule has 2 rings (SSSR count). The molecule has 0 heterocycles. The summed E-state index contributed by atoms with van der Waals surface area (Å²) in [6, 6.07) is 11.2. The first-order valence-electron chi connectivity index (χ1n) is 7.20. The predicted molar refractivity (Wildman–Crippen MR) is 98.0 cm³/mol. The monoisotopic (exact) mass is 409 g/mol. The number of aryl methyl sites for hydroxylation is 3. The molecule has 2 aromatic rings. The summed E-state index contributed by atoms with van der Waals surface area (Å²) in [4.78, 5) is 0. The van der Waals surface area contributed by atoms with Gasteiger partial charge in [-0.3, -0.25) is 0 Å². The highest BCUT2D eigenvalue weighted by Crippen LogP contribution is 2.33. The molecule has 0 aliphatic carbocycles. The Hall–Kier alpha value is -0.640. The SMILES string of the molecule is CCNC(c1cc(C)c(C)cc1C)c1ccc(Br)cc1Br. The fourth-order valence-corrected chi connectivity index (χ4v) is 3.90. The van der Waals surface area contributed by atoms with Crippen LogP contribution in [0, 0.1) is 20.8 Å². The van der Waals surface area contributed by atoms with E-state index in [1.54, 1.807) is 0 Å². The molecule has 0 bridgehead atoms. The lowest BCUT2D eigenvalue weighted by atomic mass is 9.91. The van der Waals surface area contributed by atoms with Gasteiger partial charge in [-0.1, -0.05) is 57.0 Å². The van der Waals surface area contributed by atoms with Crippen LogP contribution in [0.25, 0.3) is 0 Å². The summed E-state index contributed by atoms with van der Waals surface area (Å²) in [5.74, 6) is 0. The zero-order valence-corrected chi connectivity index (χ0v) is 16.1. The van der Waals surface area contributed by atoms with Gasteiger partial charge in [-0.05, 0) is 67.3 Å². The summed E-state index contributed by atoms with van der Waals surface area (Å²) >= 11 is 7.23. The molecule has 1 atom stereocenters. The Morgan fingerprint density at radius 3 is 2.19 bits per heavy atom. The summed E-state index contributed by atoms with van der Waals surface area (Å²) in [5.41, 5.74) is 6.64. The first-order valence-corrected chi connectivity index (χ1v) is 8.78. The Morgan fingerprint density at radius 2 is 1.57 bits per heavy atom. The number of halogens is 2. The fraction of sp³-hybridized carbons (Fsp3) is 0.333. The van der Waals surface area contributed by atoms with Gasteiger partial charge in [-0.15, -0.1) is 0 Å². The average molecular weight is 411 g/mol. The van der Waals surface area contributed by atoms with Gasteiger partial charge in [-0.25, -0.2) is 0 Å². The van der Waals surface area contributed by atoms with Crippen LogP contribution < -0.4 is 5.32 Å². The minimum absolute atomic E-state index is 0.205. The number of benzene rings is 2. The van der Waals surface area contributed by atoms with E-state index in [2.05, 4.69) is 95.2 Å². The maximum atomic E-state index is 3.70. The highest BCUT2D eigenvalue weighted by atomic mass is 79.9. The molecular weight excluding hydrogens is 390 g/mol. The highest BCUT2D eigenvalue weighted by molar-refractivity contribution is 9.11. The third-order valence-corrected chi connectivity index (χ3v) is 5.06. The minimum Gasteiger partial charge on any atom is -0.306 e. The lowest BCUT2D eigenvalue weighted by Gasteiger charge is -2.23. The topological polar surface area (TPSA) is 12.0 Å². The number of hydrogen-bond donors (Lipinski definition) is 1. The lowest BCUT2D eigenvalue weighted by Crippen LogP contribution is -2.23. The molecule has 1 N–H and O–H groups in total. The molecule has 0 amide bonds. The van der Waals surface area contributed by atoms with E-state index in [-0.39, 0.29) is 6.04 Å². The van der Waals surface area contributed by atoms with Crippen molar-refractivity contribution in [3.8, 4) is 0 Å². The normalized spacial score (nSPS) is 12.5. The Labute approximate surface area is 144 Å². The predicted octanol–water partition coefficient (Wildman–Crippen LogP) is 5.84. The van der Waals surface area contributed by atoms with Gasteiger partial charge in [0.15, 0.2) is 0 Å². The second kappa shape index (κ2) is 7.08. The Balaban J connectivity index is 2.55. The quantitative estimate of drug-likeness (QED) is 0.667. The molecule has 0 spiro atoms. The zero-order valence-electron chi connectivity index (χ0n) is 12.9. The summed E-state index contributed by atoms with van der Waals surface area (Å²) in [5, 5.41) is 3.62. The number of rotatable bonds is 4. The standard InChI is InChI=1S/C18H21Br2N/c1-5-21-18(15-7-6-14(19)10-17(15)20)16-9-12(3)11(2)8-13(16)4/h6-10,18,21H,5H2,1-4H3. The van der Waals surface area contributed by atoms with Gasteiger partial charge in [0.1, 0.15) is 0 Å². The first kappa shape index (κ1) is 16.7. The average Bonchev–Trinajstić information content (AvgIpc) is 2.41. The molecule has 1 nitrogen and oxygen atoms in total. The smallest absolute Gasteiger partial charge is 0.0590 e. The van der Waals surface area contributed by atoms with E-state index in [9.17, 15) is 0 Å². The number of nitrogens with one attached hydrogen (secondary N) is 1. The maximum absolute atomic E-state index is 3.70. The molecule has 0 aliphatic heterocycles. The highest BCUT2D eigenvalue weighted by Gasteiger charge is 2.18. The Kier molecular flexibility index (Phi) is 5.64. The van der Waals surface area contributed by atoms with Crippen molar-refractivity contribution in [3.05, 3.63) is 67.1 Å². The van der Waals surface area contributed by atoms with Crippen LogP contribution in [-0.4, -0.2) is 6.54 Å². The van der Waals surface area contributed by atoms with Crippen LogP contribution in [0.4, 0.5) is 0 Å². The third-order valence-electron chi connectivity index (χ3n) is 3.88. The van der Waals surface area contributed by atoms with Gasteiger partial charge >= 0.3 is 0 Å². The molecule has 3 heteroatoms. The van der Waals surface area contributed by atoms with Gasteiger partial charge in [0.25, 0.3) is 0 Å². The van der Waals surface area contributed by atoms with Crippen LogP contribution in [0.5, 0.6) is 0 Å². The number of hydrogen-bond acceptors (Lipinski definition) is 1. The van der Waals surface area contributed by atoms with Crippen molar-refractivity contribution < 1.29 is 0 Å². The van der Waals surface area contributed by atoms with E-state index < -0.39 is 0 Å². The fourth-order valence-electron chi connectivity index (χ4n) is 2.62. The molecule has 1 unspecified atom stereocenters. The van der Waals surface area contributed by atoms with Crippen LogP contribution >= 0.6 is 31.9 Å². The van der Waals surface area contributed by atoms with Crippen molar-refractivity contribution >= 4 is 31.9 Å².